The molecule has 2 aromatic rings. The van der Waals surface area contributed by atoms with Crippen LogP contribution in [0.3, 0.4) is 0 Å². The van der Waals surface area contributed by atoms with Crippen molar-refractivity contribution < 1.29 is 9.53 Å². The highest BCUT2D eigenvalue weighted by atomic mass is 16.6. The Bertz CT molecular complexity index is 753. The van der Waals surface area contributed by atoms with Gasteiger partial charge in [0.05, 0.1) is 0 Å². The Labute approximate surface area is 134 Å². The van der Waals surface area contributed by atoms with E-state index < -0.39 is 22.4 Å². The van der Waals surface area contributed by atoms with Crippen LogP contribution in [0.1, 0.15) is 26.3 Å². The molecule has 6 nitrogen and oxygen atoms in total. The lowest BCUT2D eigenvalue weighted by molar-refractivity contribution is -0.152. The van der Waals surface area contributed by atoms with E-state index in [0.29, 0.717) is 6.54 Å². The fourth-order valence-electron chi connectivity index (χ4n) is 2.05. The summed E-state index contributed by atoms with van der Waals surface area (Å²) in [4.78, 5) is 34.9. The third-order valence-electron chi connectivity index (χ3n) is 3.05. The van der Waals surface area contributed by atoms with Gasteiger partial charge in [0.2, 0.25) is 0 Å². The summed E-state index contributed by atoms with van der Waals surface area (Å²) in [5.74, 6) is -0.487. The van der Waals surface area contributed by atoms with E-state index in [2.05, 4.69) is 10.6 Å². The number of hydrogen-bond acceptors (Lipinski definition) is 6. The highest BCUT2D eigenvalue weighted by molar-refractivity contribution is 5.80. The Morgan fingerprint density at radius 1 is 1.00 bits per heavy atom. The van der Waals surface area contributed by atoms with Gasteiger partial charge in [-0.1, -0.05) is 30.3 Å². The van der Waals surface area contributed by atoms with E-state index in [9.17, 15) is 14.4 Å². The maximum atomic E-state index is 11.7. The lowest BCUT2D eigenvalue weighted by Crippen LogP contribution is -2.39. The first-order chi connectivity index (χ1) is 10.8. The molecule has 0 radical (unpaired) electrons. The van der Waals surface area contributed by atoms with Gasteiger partial charge in [-0.25, -0.2) is 0 Å². The Morgan fingerprint density at radius 3 is 2.13 bits per heavy atom. The van der Waals surface area contributed by atoms with Crippen molar-refractivity contribution in [2.75, 3.05) is 17.2 Å². The molecule has 0 bridgehead atoms. The number of benzene rings is 1. The van der Waals surface area contributed by atoms with Crippen LogP contribution >= 0.6 is 0 Å². The first kappa shape index (κ1) is 16.7. The molecule has 0 spiro atoms. The quantitative estimate of drug-likeness (QED) is 0.623. The number of ether oxygens (including phenoxy) is 1. The van der Waals surface area contributed by atoms with Crippen LogP contribution in [0.2, 0.25) is 0 Å². The minimum Gasteiger partial charge on any atom is -0.459 e. The predicted octanol–water partition coefficient (Wildman–Crippen LogP) is 1.65. The summed E-state index contributed by atoms with van der Waals surface area (Å²) in [7, 11) is 0. The second-order valence-corrected chi connectivity index (χ2v) is 6.19. The number of carbonyl (C=O) groups is 1. The molecule has 0 aliphatic heterocycles. The van der Waals surface area contributed by atoms with Crippen LogP contribution in [-0.2, 0) is 16.1 Å². The third kappa shape index (κ3) is 4.42. The molecule has 23 heavy (non-hydrogen) atoms. The number of carbonyl (C=O) groups excluding carboxylic acids is 1. The van der Waals surface area contributed by atoms with E-state index in [1.807, 2.05) is 30.3 Å². The predicted molar refractivity (Wildman–Crippen MR) is 89.5 cm³/mol. The summed E-state index contributed by atoms with van der Waals surface area (Å²) in [6, 6.07) is 9.49. The van der Waals surface area contributed by atoms with Gasteiger partial charge in [-0.05, 0) is 26.3 Å². The maximum Gasteiger partial charge on any atom is 0.325 e. The van der Waals surface area contributed by atoms with Gasteiger partial charge in [-0.2, -0.15) is 0 Å². The summed E-state index contributed by atoms with van der Waals surface area (Å²) < 4.78 is 5.14. The summed E-state index contributed by atoms with van der Waals surface area (Å²) in [5.41, 5.74) is -0.462. The van der Waals surface area contributed by atoms with Crippen molar-refractivity contribution in [2.45, 2.75) is 32.9 Å². The summed E-state index contributed by atoms with van der Waals surface area (Å²) in [6.07, 6.45) is 0. The van der Waals surface area contributed by atoms with Crippen molar-refractivity contribution in [3.05, 3.63) is 56.3 Å². The van der Waals surface area contributed by atoms with Crippen molar-refractivity contribution in [3.63, 3.8) is 0 Å². The zero-order valence-corrected chi connectivity index (χ0v) is 13.4. The molecule has 2 aromatic carbocycles. The van der Waals surface area contributed by atoms with E-state index >= 15 is 0 Å². The topological polar surface area (TPSA) is 84.5 Å². The highest BCUT2D eigenvalue weighted by Crippen LogP contribution is 2.16. The van der Waals surface area contributed by atoms with Gasteiger partial charge in [0, 0.05) is 6.54 Å². The van der Waals surface area contributed by atoms with Crippen LogP contribution in [0.4, 0.5) is 11.4 Å². The number of hydrogen-bond donors (Lipinski definition) is 2. The number of nitrogens with one attached hydrogen (secondary N) is 2. The van der Waals surface area contributed by atoms with Crippen LogP contribution in [0.5, 0.6) is 0 Å². The Balaban J connectivity index is 1.96. The largest absolute Gasteiger partial charge is 0.459 e. The van der Waals surface area contributed by atoms with Crippen LogP contribution in [0.15, 0.2) is 39.9 Å². The van der Waals surface area contributed by atoms with Crippen LogP contribution in [-0.4, -0.2) is 18.1 Å². The standard InChI is InChI=1S/C17H20N2O4/c1-17(2,3)23-12(20)10-19-14-13(15(21)16(14)22)18-9-11-7-5-4-6-8-11/h4-8,18-19H,9-10H2,1-3H3. The molecule has 0 unspecified atom stereocenters. The molecular weight excluding hydrogens is 296 g/mol. The van der Waals surface area contributed by atoms with E-state index in [1.54, 1.807) is 20.8 Å². The van der Waals surface area contributed by atoms with E-state index in [-0.39, 0.29) is 17.9 Å². The summed E-state index contributed by atoms with van der Waals surface area (Å²) in [6.45, 7) is 5.54. The Hall–Kier alpha value is -2.63. The fourth-order valence-corrected chi connectivity index (χ4v) is 2.05. The van der Waals surface area contributed by atoms with Gasteiger partial charge in [-0.15, -0.1) is 0 Å². The number of esters is 1. The molecular formula is C17H20N2O4. The zero-order valence-electron chi connectivity index (χ0n) is 13.4. The third-order valence-corrected chi connectivity index (χ3v) is 3.05. The van der Waals surface area contributed by atoms with Crippen molar-refractivity contribution >= 4 is 17.3 Å². The Morgan fingerprint density at radius 2 is 1.57 bits per heavy atom. The Kier molecular flexibility index (Phi) is 4.83. The second kappa shape index (κ2) is 6.64. The maximum absolute atomic E-state index is 11.7. The van der Waals surface area contributed by atoms with Crippen molar-refractivity contribution in [1.29, 1.82) is 0 Å². The first-order valence-corrected chi connectivity index (χ1v) is 7.35. The molecule has 0 aliphatic rings. The van der Waals surface area contributed by atoms with Crippen molar-refractivity contribution in [1.82, 2.24) is 0 Å². The van der Waals surface area contributed by atoms with E-state index in [4.69, 9.17) is 4.74 Å². The molecule has 2 N–H and O–H groups in total. The SMILES string of the molecule is CC(C)(C)OC(=O)CNc1c(NCc2ccccc2)c(=O)c1=O. The van der Waals surface area contributed by atoms with Crippen molar-refractivity contribution in [2.24, 2.45) is 0 Å². The van der Waals surface area contributed by atoms with Crippen LogP contribution in [0, 0.1) is 0 Å². The van der Waals surface area contributed by atoms with Crippen LogP contribution < -0.4 is 21.5 Å². The van der Waals surface area contributed by atoms with Crippen molar-refractivity contribution in [3.8, 4) is 0 Å². The smallest absolute Gasteiger partial charge is 0.325 e. The fraction of sp³-hybridized carbons (Fsp3) is 0.353. The van der Waals surface area contributed by atoms with E-state index in [1.165, 1.54) is 0 Å². The van der Waals surface area contributed by atoms with Gasteiger partial charge in [0.15, 0.2) is 0 Å². The zero-order chi connectivity index (χ0) is 17.0. The molecule has 0 fully saturated rings. The average molecular weight is 316 g/mol. The molecule has 0 saturated carbocycles. The van der Waals surface area contributed by atoms with Gasteiger partial charge in [-0.3, -0.25) is 14.4 Å². The van der Waals surface area contributed by atoms with Gasteiger partial charge in [0.1, 0.15) is 23.5 Å². The molecule has 6 heteroatoms. The van der Waals surface area contributed by atoms with Gasteiger partial charge in [0.25, 0.3) is 10.9 Å². The molecule has 0 saturated heterocycles. The van der Waals surface area contributed by atoms with Gasteiger partial charge >= 0.3 is 5.97 Å². The summed E-state index contributed by atoms with van der Waals surface area (Å²) >= 11 is 0. The number of anilines is 2. The number of rotatable bonds is 6. The lowest BCUT2D eigenvalue weighted by atomic mass is 10.1. The lowest BCUT2D eigenvalue weighted by Gasteiger charge is -2.20. The van der Waals surface area contributed by atoms with Gasteiger partial charge < -0.3 is 15.4 Å². The second-order valence-electron chi connectivity index (χ2n) is 6.19. The molecule has 2 rings (SSSR count). The molecule has 0 aliphatic carbocycles. The molecule has 0 amide bonds. The minimum absolute atomic E-state index is 0.136. The molecule has 0 atom stereocenters. The first-order valence-electron chi connectivity index (χ1n) is 7.35. The minimum atomic E-state index is -0.621. The van der Waals surface area contributed by atoms with E-state index in [0.717, 1.165) is 5.56 Å². The molecule has 0 heterocycles. The van der Waals surface area contributed by atoms with Crippen LogP contribution in [0.25, 0.3) is 0 Å². The summed E-state index contributed by atoms with van der Waals surface area (Å²) in [5, 5.41) is 5.61. The highest BCUT2D eigenvalue weighted by Gasteiger charge is 2.22. The monoisotopic (exact) mass is 316 g/mol. The normalized spacial score (nSPS) is 11.3. The average Bonchev–Trinajstić information content (AvgIpc) is 2.48. The molecule has 122 valence electrons. The molecule has 0 aromatic heterocycles.